The van der Waals surface area contributed by atoms with Crippen molar-refractivity contribution in [1.82, 2.24) is 0 Å². The zero-order valence-electron chi connectivity index (χ0n) is 10.4. The van der Waals surface area contributed by atoms with E-state index in [1.165, 1.54) is 6.07 Å². The molecule has 98 valence electrons. The minimum absolute atomic E-state index is 0.163. The molecule has 0 saturated carbocycles. The monoisotopic (exact) mass is 320 g/mol. The lowest BCUT2D eigenvalue weighted by molar-refractivity contribution is 0.0691. The Morgan fingerprint density at radius 2 is 2.05 bits per heavy atom. The Bertz CT molecular complexity index is 608. The fourth-order valence-electron chi connectivity index (χ4n) is 1.76. The van der Waals surface area contributed by atoms with E-state index in [0.717, 1.165) is 15.6 Å². The van der Waals surface area contributed by atoms with Crippen LogP contribution in [-0.4, -0.2) is 11.1 Å². The van der Waals surface area contributed by atoms with Crippen LogP contribution in [0, 0.1) is 6.92 Å². The topological polar surface area (TPSA) is 46.5 Å². The predicted octanol–water partition coefficient (Wildman–Crippen LogP) is 4.03. The quantitative estimate of drug-likeness (QED) is 0.924. The van der Waals surface area contributed by atoms with Gasteiger partial charge in [0.2, 0.25) is 0 Å². The van der Waals surface area contributed by atoms with Gasteiger partial charge in [-0.15, -0.1) is 0 Å². The van der Waals surface area contributed by atoms with Gasteiger partial charge in [-0.25, -0.2) is 4.79 Å². The molecular weight excluding hydrogens is 308 g/mol. The van der Waals surface area contributed by atoms with E-state index in [2.05, 4.69) is 15.9 Å². The van der Waals surface area contributed by atoms with E-state index in [1.54, 1.807) is 12.1 Å². The van der Waals surface area contributed by atoms with Gasteiger partial charge in [-0.1, -0.05) is 45.8 Å². The smallest absolute Gasteiger partial charge is 0.339 e. The summed E-state index contributed by atoms with van der Waals surface area (Å²) >= 11 is 3.31. The van der Waals surface area contributed by atoms with E-state index in [1.807, 2.05) is 31.2 Å². The summed E-state index contributed by atoms with van der Waals surface area (Å²) in [5.41, 5.74) is 2.32. The normalized spacial score (nSPS) is 10.2. The molecule has 19 heavy (non-hydrogen) atoms. The van der Waals surface area contributed by atoms with Crippen molar-refractivity contribution < 1.29 is 14.6 Å². The third-order valence-corrected chi connectivity index (χ3v) is 3.14. The number of ether oxygens (including phenoxy) is 1. The van der Waals surface area contributed by atoms with Gasteiger partial charge >= 0.3 is 5.97 Å². The molecule has 0 aliphatic heterocycles. The van der Waals surface area contributed by atoms with Gasteiger partial charge in [0.05, 0.1) is 0 Å². The zero-order chi connectivity index (χ0) is 13.8. The van der Waals surface area contributed by atoms with Crippen LogP contribution in [0.15, 0.2) is 46.9 Å². The highest BCUT2D eigenvalue weighted by molar-refractivity contribution is 9.10. The van der Waals surface area contributed by atoms with E-state index in [0.29, 0.717) is 12.4 Å². The molecular formula is C15H13BrO3. The summed E-state index contributed by atoms with van der Waals surface area (Å²) in [7, 11) is 0. The number of rotatable bonds is 4. The Labute approximate surface area is 120 Å². The molecule has 0 saturated heterocycles. The molecule has 0 atom stereocenters. The minimum Gasteiger partial charge on any atom is -0.488 e. The summed E-state index contributed by atoms with van der Waals surface area (Å²) in [5.74, 6) is -0.630. The lowest BCUT2D eigenvalue weighted by atomic mass is 10.1. The first-order valence-corrected chi connectivity index (χ1v) is 6.57. The fraction of sp³-hybridized carbons (Fsp3) is 0.133. The predicted molar refractivity (Wildman–Crippen MR) is 76.6 cm³/mol. The standard InChI is InChI=1S/C15H13BrO3/c1-10-3-2-4-11(7-10)9-19-14-8-12(16)5-6-13(14)15(17)18/h2-8H,9H2,1H3,(H,17,18). The Morgan fingerprint density at radius 1 is 1.26 bits per heavy atom. The van der Waals surface area contributed by atoms with Crippen molar-refractivity contribution in [3.8, 4) is 5.75 Å². The summed E-state index contributed by atoms with van der Waals surface area (Å²) in [6, 6.07) is 12.8. The van der Waals surface area contributed by atoms with Crippen molar-refractivity contribution in [1.29, 1.82) is 0 Å². The molecule has 2 rings (SSSR count). The van der Waals surface area contributed by atoms with Gasteiger partial charge in [-0.05, 0) is 30.7 Å². The van der Waals surface area contributed by atoms with Gasteiger partial charge in [-0.2, -0.15) is 0 Å². The van der Waals surface area contributed by atoms with Gasteiger partial charge < -0.3 is 9.84 Å². The second-order valence-corrected chi connectivity index (χ2v) is 5.14. The van der Waals surface area contributed by atoms with Crippen LogP contribution in [0.5, 0.6) is 5.75 Å². The van der Waals surface area contributed by atoms with Crippen molar-refractivity contribution in [2.45, 2.75) is 13.5 Å². The fourth-order valence-corrected chi connectivity index (χ4v) is 2.10. The Hall–Kier alpha value is -1.81. The van der Waals surface area contributed by atoms with E-state index in [4.69, 9.17) is 9.84 Å². The molecule has 0 aliphatic rings. The first-order valence-electron chi connectivity index (χ1n) is 5.77. The minimum atomic E-state index is -0.994. The summed E-state index contributed by atoms with van der Waals surface area (Å²) in [6.07, 6.45) is 0. The molecule has 3 nitrogen and oxygen atoms in total. The maximum Gasteiger partial charge on any atom is 0.339 e. The summed E-state index contributed by atoms with van der Waals surface area (Å²) in [4.78, 5) is 11.1. The first kappa shape index (κ1) is 13.6. The van der Waals surface area contributed by atoms with Crippen LogP contribution in [0.2, 0.25) is 0 Å². The van der Waals surface area contributed by atoms with Crippen molar-refractivity contribution in [2.75, 3.05) is 0 Å². The number of carboxylic acid groups (broad SMARTS) is 1. The molecule has 0 heterocycles. The Balaban J connectivity index is 2.19. The number of aromatic carboxylic acids is 1. The van der Waals surface area contributed by atoms with Gasteiger partial charge in [0.15, 0.2) is 0 Å². The number of carboxylic acids is 1. The third kappa shape index (κ3) is 3.58. The SMILES string of the molecule is Cc1cccc(COc2cc(Br)ccc2C(=O)O)c1. The highest BCUT2D eigenvalue weighted by Gasteiger charge is 2.11. The molecule has 4 heteroatoms. The van der Waals surface area contributed by atoms with Gasteiger partial charge in [-0.3, -0.25) is 0 Å². The van der Waals surface area contributed by atoms with E-state index < -0.39 is 5.97 Å². The average Bonchev–Trinajstić information content (AvgIpc) is 2.36. The summed E-state index contributed by atoms with van der Waals surface area (Å²) in [5, 5.41) is 9.10. The molecule has 2 aromatic carbocycles. The maximum absolute atomic E-state index is 11.1. The number of halogens is 1. The highest BCUT2D eigenvalue weighted by Crippen LogP contribution is 2.24. The number of benzene rings is 2. The van der Waals surface area contributed by atoms with Gasteiger partial charge in [0.1, 0.15) is 17.9 Å². The molecule has 0 amide bonds. The Morgan fingerprint density at radius 3 is 2.74 bits per heavy atom. The number of aryl methyl sites for hydroxylation is 1. The largest absolute Gasteiger partial charge is 0.488 e. The molecule has 0 aromatic heterocycles. The van der Waals surface area contributed by atoms with Gasteiger partial charge in [0.25, 0.3) is 0 Å². The average molecular weight is 321 g/mol. The first-order chi connectivity index (χ1) is 9.06. The molecule has 0 bridgehead atoms. The number of hydrogen-bond acceptors (Lipinski definition) is 2. The summed E-state index contributed by atoms with van der Waals surface area (Å²) < 4.78 is 6.40. The molecule has 0 aliphatic carbocycles. The van der Waals surface area contributed by atoms with Crippen LogP contribution < -0.4 is 4.74 Å². The number of carbonyl (C=O) groups is 1. The van der Waals surface area contributed by atoms with E-state index in [9.17, 15) is 4.79 Å². The summed E-state index contributed by atoms with van der Waals surface area (Å²) in [6.45, 7) is 2.35. The van der Waals surface area contributed by atoms with Crippen molar-refractivity contribution in [2.24, 2.45) is 0 Å². The highest BCUT2D eigenvalue weighted by atomic mass is 79.9. The van der Waals surface area contributed by atoms with Crippen molar-refractivity contribution >= 4 is 21.9 Å². The molecule has 2 aromatic rings. The molecule has 0 spiro atoms. The third-order valence-electron chi connectivity index (χ3n) is 2.65. The van der Waals surface area contributed by atoms with E-state index >= 15 is 0 Å². The molecule has 0 fully saturated rings. The molecule has 1 N–H and O–H groups in total. The zero-order valence-corrected chi connectivity index (χ0v) is 12.0. The van der Waals surface area contributed by atoms with Crippen LogP contribution >= 0.6 is 15.9 Å². The lowest BCUT2D eigenvalue weighted by Crippen LogP contribution is -2.03. The van der Waals surface area contributed by atoms with E-state index in [-0.39, 0.29) is 5.56 Å². The van der Waals surface area contributed by atoms with Crippen LogP contribution in [0.4, 0.5) is 0 Å². The van der Waals surface area contributed by atoms with Gasteiger partial charge in [0, 0.05) is 4.47 Å². The second kappa shape index (κ2) is 5.89. The van der Waals surface area contributed by atoms with Crippen LogP contribution in [0.3, 0.4) is 0 Å². The second-order valence-electron chi connectivity index (χ2n) is 4.22. The molecule has 0 unspecified atom stereocenters. The number of hydrogen-bond donors (Lipinski definition) is 1. The maximum atomic E-state index is 11.1. The van der Waals surface area contributed by atoms with Crippen LogP contribution in [0.1, 0.15) is 21.5 Å². The van der Waals surface area contributed by atoms with Crippen LogP contribution in [0.25, 0.3) is 0 Å². The van der Waals surface area contributed by atoms with Crippen LogP contribution in [-0.2, 0) is 6.61 Å². The Kier molecular flexibility index (Phi) is 4.22. The molecule has 0 radical (unpaired) electrons. The lowest BCUT2D eigenvalue weighted by Gasteiger charge is -2.10. The van der Waals surface area contributed by atoms with Crippen molar-refractivity contribution in [3.05, 3.63) is 63.6 Å². The van der Waals surface area contributed by atoms with Crippen molar-refractivity contribution in [3.63, 3.8) is 0 Å².